The molecule has 1 fully saturated rings. The Balaban J connectivity index is 1.83. The van der Waals surface area contributed by atoms with E-state index in [9.17, 15) is 4.79 Å². The molecule has 4 nitrogen and oxygen atoms in total. The van der Waals surface area contributed by atoms with Crippen LogP contribution in [0.3, 0.4) is 0 Å². The molecular formula is C16H16ClN3O. The van der Waals surface area contributed by atoms with Gasteiger partial charge < -0.3 is 10.2 Å². The quantitative estimate of drug-likeness (QED) is 0.881. The first kappa shape index (κ1) is 13.9. The lowest BCUT2D eigenvalue weighted by Gasteiger charge is -2.21. The van der Waals surface area contributed by atoms with Gasteiger partial charge in [-0.15, -0.1) is 0 Å². The Hall–Kier alpha value is -2.07. The van der Waals surface area contributed by atoms with Crippen molar-refractivity contribution in [1.29, 1.82) is 0 Å². The van der Waals surface area contributed by atoms with Gasteiger partial charge in [-0.05, 0) is 37.1 Å². The molecule has 0 saturated carbocycles. The van der Waals surface area contributed by atoms with Gasteiger partial charge in [-0.2, -0.15) is 0 Å². The molecule has 1 N–H and O–H groups in total. The maximum absolute atomic E-state index is 12.3. The van der Waals surface area contributed by atoms with Crippen molar-refractivity contribution < 1.29 is 4.79 Å². The molecule has 1 saturated heterocycles. The minimum absolute atomic E-state index is 0.175. The number of carbonyl (C=O) groups is 1. The average molecular weight is 302 g/mol. The molecule has 1 aliphatic rings. The molecule has 1 aliphatic heterocycles. The fraction of sp³-hybridized carbons (Fsp3) is 0.250. The van der Waals surface area contributed by atoms with E-state index >= 15 is 0 Å². The van der Waals surface area contributed by atoms with Crippen LogP contribution < -0.4 is 10.2 Å². The average Bonchev–Trinajstić information content (AvgIpc) is 3.02. The Labute approximate surface area is 128 Å². The van der Waals surface area contributed by atoms with E-state index in [-0.39, 0.29) is 5.91 Å². The fourth-order valence-electron chi connectivity index (χ4n) is 2.55. The molecule has 0 spiro atoms. The van der Waals surface area contributed by atoms with Crippen molar-refractivity contribution >= 4 is 28.9 Å². The molecule has 108 valence electrons. The van der Waals surface area contributed by atoms with E-state index in [1.54, 1.807) is 12.1 Å². The first-order chi connectivity index (χ1) is 10.2. The summed E-state index contributed by atoms with van der Waals surface area (Å²) in [5, 5.41) is 3.28. The lowest BCUT2D eigenvalue weighted by Crippen LogP contribution is -2.21. The molecule has 0 aliphatic carbocycles. The van der Waals surface area contributed by atoms with Crippen molar-refractivity contribution in [3.63, 3.8) is 0 Å². The van der Waals surface area contributed by atoms with Gasteiger partial charge in [0.05, 0.1) is 11.4 Å². The Kier molecular flexibility index (Phi) is 4.06. The third kappa shape index (κ3) is 3.16. The molecule has 0 radical (unpaired) electrons. The van der Waals surface area contributed by atoms with E-state index in [0.29, 0.717) is 10.7 Å². The summed E-state index contributed by atoms with van der Waals surface area (Å²) < 4.78 is 0. The number of anilines is 2. The molecule has 0 bridgehead atoms. The Morgan fingerprint density at radius 1 is 1.19 bits per heavy atom. The molecule has 2 heterocycles. The van der Waals surface area contributed by atoms with Gasteiger partial charge in [0.25, 0.3) is 5.91 Å². The lowest BCUT2D eigenvalue weighted by molar-refractivity contribution is 0.102. The first-order valence-electron chi connectivity index (χ1n) is 7.01. The predicted octanol–water partition coefficient (Wildman–Crippen LogP) is 3.59. The van der Waals surface area contributed by atoms with Crippen molar-refractivity contribution in [3.8, 4) is 0 Å². The molecule has 3 rings (SSSR count). The van der Waals surface area contributed by atoms with E-state index in [1.165, 1.54) is 19.0 Å². The normalized spacial score (nSPS) is 14.2. The SMILES string of the molecule is O=C(Nc1ccccc1N1CCCC1)c1ccnc(Cl)c1. The van der Waals surface area contributed by atoms with Crippen LogP contribution in [0.5, 0.6) is 0 Å². The van der Waals surface area contributed by atoms with Gasteiger partial charge in [-0.25, -0.2) is 4.98 Å². The van der Waals surface area contributed by atoms with Gasteiger partial charge in [0.2, 0.25) is 0 Å². The molecule has 2 aromatic rings. The third-order valence-electron chi connectivity index (χ3n) is 3.59. The van der Waals surface area contributed by atoms with Crippen molar-refractivity contribution in [3.05, 3.63) is 53.3 Å². The molecule has 0 unspecified atom stereocenters. The maximum atomic E-state index is 12.3. The summed E-state index contributed by atoms with van der Waals surface area (Å²) in [5.74, 6) is -0.175. The lowest BCUT2D eigenvalue weighted by atomic mass is 10.2. The maximum Gasteiger partial charge on any atom is 0.255 e. The van der Waals surface area contributed by atoms with Crippen molar-refractivity contribution in [2.75, 3.05) is 23.3 Å². The Morgan fingerprint density at radius 2 is 1.95 bits per heavy atom. The first-order valence-corrected chi connectivity index (χ1v) is 7.39. The van der Waals surface area contributed by atoms with Crippen LogP contribution >= 0.6 is 11.6 Å². The number of amides is 1. The molecule has 0 atom stereocenters. The third-order valence-corrected chi connectivity index (χ3v) is 3.79. The van der Waals surface area contributed by atoms with Crippen LogP contribution in [-0.4, -0.2) is 24.0 Å². The summed E-state index contributed by atoms with van der Waals surface area (Å²) in [6.45, 7) is 2.07. The molecular weight excluding hydrogens is 286 g/mol. The number of halogens is 1. The van der Waals surface area contributed by atoms with Gasteiger partial charge in [0.1, 0.15) is 5.15 Å². The van der Waals surface area contributed by atoms with Gasteiger partial charge in [0, 0.05) is 24.8 Å². The summed E-state index contributed by atoms with van der Waals surface area (Å²) in [5.41, 5.74) is 2.41. The second-order valence-electron chi connectivity index (χ2n) is 5.03. The van der Waals surface area contributed by atoms with Crippen LogP contribution in [-0.2, 0) is 0 Å². The zero-order valence-corrected chi connectivity index (χ0v) is 12.3. The summed E-state index contributed by atoms with van der Waals surface area (Å²) in [6, 6.07) is 11.1. The zero-order chi connectivity index (χ0) is 14.7. The monoisotopic (exact) mass is 301 g/mol. The van der Waals surface area contributed by atoms with Crippen LogP contribution in [0, 0.1) is 0 Å². The highest BCUT2D eigenvalue weighted by Gasteiger charge is 2.17. The van der Waals surface area contributed by atoms with Gasteiger partial charge in [-0.3, -0.25) is 4.79 Å². The second kappa shape index (κ2) is 6.14. The Bertz CT molecular complexity index is 653. The number of para-hydroxylation sites is 2. The van der Waals surface area contributed by atoms with Crippen LogP contribution in [0.4, 0.5) is 11.4 Å². The van der Waals surface area contributed by atoms with Gasteiger partial charge in [0.15, 0.2) is 0 Å². The molecule has 1 amide bonds. The standard InChI is InChI=1S/C16H16ClN3O/c17-15-11-12(7-8-18-15)16(21)19-13-5-1-2-6-14(13)20-9-3-4-10-20/h1-2,5-8,11H,3-4,9-10H2,(H,19,21). The number of aromatic nitrogens is 1. The van der Waals surface area contributed by atoms with E-state index < -0.39 is 0 Å². The second-order valence-corrected chi connectivity index (χ2v) is 5.42. The minimum Gasteiger partial charge on any atom is -0.370 e. The van der Waals surface area contributed by atoms with E-state index in [4.69, 9.17) is 11.6 Å². The summed E-state index contributed by atoms with van der Waals surface area (Å²) in [7, 11) is 0. The van der Waals surface area contributed by atoms with Crippen LogP contribution in [0.25, 0.3) is 0 Å². The number of hydrogen-bond acceptors (Lipinski definition) is 3. The number of nitrogens with one attached hydrogen (secondary N) is 1. The summed E-state index contributed by atoms with van der Waals surface area (Å²) in [4.78, 5) is 18.5. The summed E-state index contributed by atoms with van der Waals surface area (Å²) in [6.07, 6.45) is 3.92. The highest BCUT2D eigenvalue weighted by atomic mass is 35.5. The zero-order valence-electron chi connectivity index (χ0n) is 11.6. The van der Waals surface area contributed by atoms with Crippen molar-refractivity contribution in [2.45, 2.75) is 12.8 Å². The largest absolute Gasteiger partial charge is 0.370 e. The smallest absolute Gasteiger partial charge is 0.255 e. The molecule has 1 aromatic heterocycles. The van der Waals surface area contributed by atoms with Crippen LogP contribution in [0.1, 0.15) is 23.2 Å². The predicted molar refractivity (Wildman–Crippen MR) is 85.1 cm³/mol. The Morgan fingerprint density at radius 3 is 2.71 bits per heavy atom. The van der Waals surface area contributed by atoms with Gasteiger partial charge in [-0.1, -0.05) is 23.7 Å². The van der Waals surface area contributed by atoms with Gasteiger partial charge >= 0.3 is 0 Å². The van der Waals surface area contributed by atoms with E-state index in [0.717, 1.165) is 24.5 Å². The highest BCUT2D eigenvalue weighted by Crippen LogP contribution is 2.29. The van der Waals surface area contributed by atoms with Crippen LogP contribution in [0.15, 0.2) is 42.6 Å². The molecule has 1 aromatic carbocycles. The van der Waals surface area contributed by atoms with Crippen molar-refractivity contribution in [1.82, 2.24) is 4.98 Å². The fourth-order valence-corrected chi connectivity index (χ4v) is 2.73. The molecule has 5 heteroatoms. The topological polar surface area (TPSA) is 45.2 Å². The number of pyridine rings is 1. The number of rotatable bonds is 3. The highest BCUT2D eigenvalue weighted by molar-refractivity contribution is 6.29. The van der Waals surface area contributed by atoms with Crippen LogP contribution in [0.2, 0.25) is 5.15 Å². The minimum atomic E-state index is -0.175. The summed E-state index contributed by atoms with van der Waals surface area (Å²) >= 11 is 5.83. The van der Waals surface area contributed by atoms with E-state index in [2.05, 4.69) is 15.2 Å². The number of benzene rings is 1. The van der Waals surface area contributed by atoms with E-state index in [1.807, 2.05) is 24.3 Å². The van der Waals surface area contributed by atoms with Crippen molar-refractivity contribution in [2.24, 2.45) is 0 Å². The number of hydrogen-bond donors (Lipinski definition) is 1. The number of nitrogens with zero attached hydrogens (tertiary/aromatic N) is 2. The number of carbonyl (C=O) groups excluding carboxylic acids is 1. The molecule has 21 heavy (non-hydrogen) atoms.